The molecule has 2 heterocycles. The third kappa shape index (κ3) is 4.84. The Labute approximate surface area is 162 Å². The summed E-state index contributed by atoms with van der Waals surface area (Å²) in [6.45, 7) is 5.29. The van der Waals surface area contributed by atoms with Gasteiger partial charge in [-0.15, -0.1) is 11.3 Å². The quantitative estimate of drug-likeness (QED) is 0.586. The van der Waals surface area contributed by atoms with E-state index in [1.165, 1.54) is 11.3 Å². The smallest absolute Gasteiger partial charge is 0.225 e. The molecule has 3 aromatic rings. The van der Waals surface area contributed by atoms with Gasteiger partial charge in [-0.1, -0.05) is 23.7 Å². The van der Waals surface area contributed by atoms with Crippen molar-refractivity contribution in [2.75, 3.05) is 13.2 Å². The zero-order valence-electron chi connectivity index (χ0n) is 14.9. The summed E-state index contributed by atoms with van der Waals surface area (Å²) < 4.78 is 7.45. The zero-order valence-corrected chi connectivity index (χ0v) is 16.4. The number of halogens is 1. The average Bonchev–Trinajstić information content (AvgIpc) is 3.17. The van der Waals surface area contributed by atoms with Gasteiger partial charge in [0.25, 0.3) is 0 Å². The highest BCUT2D eigenvalue weighted by Crippen LogP contribution is 2.25. The first-order chi connectivity index (χ1) is 12.5. The van der Waals surface area contributed by atoms with E-state index in [2.05, 4.69) is 10.3 Å². The Morgan fingerprint density at radius 1 is 1.35 bits per heavy atom. The highest BCUT2D eigenvalue weighted by atomic mass is 35.5. The third-order valence-electron chi connectivity index (χ3n) is 3.86. The molecule has 0 aliphatic rings. The van der Waals surface area contributed by atoms with Gasteiger partial charge in [0.2, 0.25) is 5.91 Å². The second-order valence-corrected chi connectivity index (χ2v) is 7.59. The molecular formula is C19H22ClN3O2S. The minimum Gasteiger partial charge on any atom is -0.379 e. The lowest BCUT2D eigenvalue weighted by atomic mass is 10.2. The number of imidazole rings is 1. The lowest BCUT2D eigenvalue weighted by Crippen LogP contribution is -2.27. The fourth-order valence-corrected chi connectivity index (χ4v) is 3.56. The highest BCUT2D eigenvalue weighted by Gasteiger charge is 2.12. The van der Waals surface area contributed by atoms with E-state index in [-0.39, 0.29) is 12.0 Å². The predicted molar refractivity (Wildman–Crippen MR) is 106 cm³/mol. The maximum Gasteiger partial charge on any atom is 0.225 e. The third-order valence-corrected chi connectivity index (χ3v) is 5.00. The molecule has 1 amide bonds. The van der Waals surface area contributed by atoms with Crippen LogP contribution >= 0.6 is 22.9 Å². The van der Waals surface area contributed by atoms with Gasteiger partial charge in [-0.05, 0) is 32.4 Å². The van der Waals surface area contributed by atoms with Gasteiger partial charge in [0.1, 0.15) is 0 Å². The van der Waals surface area contributed by atoms with Gasteiger partial charge in [-0.2, -0.15) is 0 Å². The molecular weight excluding hydrogens is 370 g/mol. The summed E-state index contributed by atoms with van der Waals surface area (Å²) in [7, 11) is 0. The van der Waals surface area contributed by atoms with Gasteiger partial charge in [-0.3, -0.25) is 9.20 Å². The molecule has 0 aliphatic carbocycles. The second kappa shape index (κ2) is 8.66. The Bertz CT molecular complexity index is 871. The number of thiazole rings is 1. The van der Waals surface area contributed by atoms with Crippen LogP contribution in [-0.4, -0.2) is 34.5 Å². The van der Waals surface area contributed by atoms with Crippen molar-refractivity contribution in [3.63, 3.8) is 0 Å². The summed E-state index contributed by atoms with van der Waals surface area (Å²) in [5.41, 5.74) is 2.82. The SMILES string of the molecule is CC(C)OCCCNC(=O)Cc1csc2nc(-c3ccc(Cl)cc3)cn12. The highest BCUT2D eigenvalue weighted by molar-refractivity contribution is 7.15. The monoisotopic (exact) mass is 391 g/mol. The predicted octanol–water partition coefficient (Wildman–Crippen LogP) is 4.19. The van der Waals surface area contributed by atoms with Crippen LogP contribution in [0.1, 0.15) is 26.0 Å². The van der Waals surface area contributed by atoms with Gasteiger partial charge >= 0.3 is 0 Å². The Balaban J connectivity index is 1.60. The normalized spacial score (nSPS) is 11.4. The van der Waals surface area contributed by atoms with Crippen LogP contribution in [0.5, 0.6) is 0 Å². The number of nitrogens with one attached hydrogen (secondary N) is 1. The maximum absolute atomic E-state index is 12.2. The van der Waals surface area contributed by atoms with Crippen LogP contribution < -0.4 is 5.32 Å². The molecule has 138 valence electrons. The molecule has 0 saturated heterocycles. The molecule has 7 heteroatoms. The van der Waals surface area contributed by atoms with E-state index in [1.54, 1.807) is 0 Å². The van der Waals surface area contributed by atoms with E-state index < -0.39 is 0 Å². The second-order valence-electron chi connectivity index (χ2n) is 6.31. The molecule has 0 bridgehead atoms. The van der Waals surface area contributed by atoms with Crippen LogP contribution in [0.25, 0.3) is 16.2 Å². The number of amides is 1. The number of hydrogen-bond acceptors (Lipinski definition) is 4. The van der Waals surface area contributed by atoms with Gasteiger partial charge < -0.3 is 10.1 Å². The average molecular weight is 392 g/mol. The van der Waals surface area contributed by atoms with Crippen LogP contribution in [0.15, 0.2) is 35.8 Å². The minimum absolute atomic E-state index is 0.0102. The number of aromatic nitrogens is 2. The fourth-order valence-electron chi connectivity index (χ4n) is 2.56. The van der Waals surface area contributed by atoms with E-state index in [4.69, 9.17) is 16.3 Å². The number of benzene rings is 1. The number of fused-ring (bicyclic) bond motifs is 1. The number of hydrogen-bond donors (Lipinski definition) is 1. The maximum atomic E-state index is 12.2. The minimum atomic E-state index is 0.0102. The molecule has 1 N–H and O–H groups in total. The number of carbonyl (C=O) groups excluding carboxylic acids is 1. The summed E-state index contributed by atoms with van der Waals surface area (Å²) in [6.07, 6.45) is 3.34. The van der Waals surface area contributed by atoms with E-state index in [1.807, 2.05) is 54.1 Å². The van der Waals surface area contributed by atoms with Gasteiger partial charge in [0.15, 0.2) is 4.96 Å². The molecule has 1 aromatic carbocycles. The molecule has 0 fully saturated rings. The molecule has 0 atom stereocenters. The summed E-state index contributed by atoms with van der Waals surface area (Å²) in [5, 5.41) is 5.62. The van der Waals surface area contributed by atoms with Crippen molar-refractivity contribution in [1.82, 2.24) is 14.7 Å². The van der Waals surface area contributed by atoms with Crippen LogP contribution in [0.2, 0.25) is 5.02 Å². The van der Waals surface area contributed by atoms with Crippen LogP contribution in [0.3, 0.4) is 0 Å². The topological polar surface area (TPSA) is 55.6 Å². The lowest BCUT2D eigenvalue weighted by molar-refractivity contribution is -0.120. The molecule has 0 aliphatic heterocycles. The fraction of sp³-hybridized carbons (Fsp3) is 0.368. The molecule has 0 spiro atoms. The molecule has 0 radical (unpaired) electrons. The van der Waals surface area contributed by atoms with Crippen molar-refractivity contribution in [2.45, 2.75) is 32.8 Å². The van der Waals surface area contributed by atoms with Gasteiger partial charge in [0, 0.05) is 41.0 Å². The molecule has 3 rings (SSSR count). The van der Waals surface area contributed by atoms with E-state index in [0.717, 1.165) is 28.3 Å². The zero-order chi connectivity index (χ0) is 18.5. The number of nitrogens with zero attached hydrogens (tertiary/aromatic N) is 2. The van der Waals surface area contributed by atoms with Crippen LogP contribution in [-0.2, 0) is 16.0 Å². The first-order valence-corrected chi connectivity index (χ1v) is 9.88. The van der Waals surface area contributed by atoms with Crippen molar-refractivity contribution in [3.8, 4) is 11.3 Å². The lowest BCUT2D eigenvalue weighted by Gasteiger charge is -2.08. The van der Waals surface area contributed by atoms with Crippen LogP contribution in [0.4, 0.5) is 0 Å². The summed E-state index contributed by atoms with van der Waals surface area (Å²) in [4.78, 5) is 17.7. The number of ether oxygens (including phenoxy) is 1. The molecule has 5 nitrogen and oxygen atoms in total. The van der Waals surface area contributed by atoms with Crippen molar-refractivity contribution in [1.29, 1.82) is 0 Å². The first kappa shape index (κ1) is 18.9. The van der Waals surface area contributed by atoms with E-state index in [0.29, 0.717) is 24.6 Å². The molecule has 0 unspecified atom stereocenters. The summed E-state index contributed by atoms with van der Waals surface area (Å²) >= 11 is 7.48. The van der Waals surface area contributed by atoms with Crippen molar-refractivity contribution >= 4 is 33.8 Å². The van der Waals surface area contributed by atoms with E-state index >= 15 is 0 Å². The summed E-state index contributed by atoms with van der Waals surface area (Å²) in [5.74, 6) is 0.0102. The van der Waals surface area contributed by atoms with E-state index in [9.17, 15) is 4.79 Å². The Hall–Kier alpha value is -1.89. The standard InChI is InChI=1S/C19H22ClN3O2S/c1-13(2)25-9-3-8-21-18(24)10-16-12-26-19-22-17(11-23(16)19)14-4-6-15(20)7-5-14/h4-7,11-13H,3,8-10H2,1-2H3,(H,21,24). The van der Waals surface area contributed by atoms with Crippen LogP contribution in [0, 0.1) is 0 Å². The number of rotatable bonds is 8. The Morgan fingerprint density at radius 2 is 2.12 bits per heavy atom. The molecule has 0 saturated carbocycles. The van der Waals surface area contributed by atoms with Crippen molar-refractivity contribution < 1.29 is 9.53 Å². The number of carbonyl (C=O) groups is 1. The largest absolute Gasteiger partial charge is 0.379 e. The molecule has 26 heavy (non-hydrogen) atoms. The first-order valence-electron chi connectivity index (χ1n) is 8.62. The van der Waals surface area contributed by atoms with Crippen molar-refractivity contribution in [2.24, 2.45) is 0 Å². The van der Waals surface area contributed by atoms with Gasteiger partial charge in [-0.25, -0.2) is 4.98 Å². The summed E-state index contributed by atoms with van der Waals surface area (Å²) in [6, 6.07) is 7.59. The molecule has 2 aromatic heterocycles. The van der Waals surface area contributed by atoms with Gasteiger partial charge in [0.05, 0.1) is 18.2 Å². The van der Waals surface area contributed by atoms with Crippen molar-refractivity contribution in [3.05, 3.63) is 46.6 Å². The Morgan fingerprint density at radius 3 is 2.85 bits per heavy atom. The Kier molecular flexibility index (Phi) is 6.29.